The molecule has 20 heavy (non-hydrogen) atoms. The van der Waals surface area contributed by atoms with Crippen LogP contribution in [-0.2, 0) is 4.79 Å². The third-order valence-electron chi connectivity index (χ3n) is 2.97. The lowest BCUT2D eigenvalue weighted by atomic mass is 10.1. The molecular formula is C14H13N3O3. The highest BCUT2D eigenvalue weighted by Crippen LogP contribution is 2.18. The predicted octanol–water partition coefficient (Wildman–Crippen LogP) is 1.71. The zero-order valence-corrected chi connectivity index (χ0v) is 10.5. The molecule has 2 rings (SSSR count). The van der Waals surface area contributed by atoms with Gasteiger partial charge in [-0.1, -0.05) is 18.2 Å². The van der Waals surface area contributed by atoms with Crippen LogP contribution in [0.15, 0.2) is 36.4 Å². The summed E-state index contributed by atoms with van der Waals surface area (Å²) in [7, 11) is 0. The van der Waals surface area contributed by atoms with Crippen molar-refractivity contribution in [1.82, 2.24) is 5.32 Å². The van der Waals surface area contributed by atoms with Crippen molar-refractivity contribution in [2.24, 2.45) is 5.92 Å². The van der Waals surface area contributed by atoms with E-state index < -0.39 is 17.9 Å². The number of nitriles is 1. The highest BCUT2D eigenvalue weighted by atomic mass is 16.4. The molecule has 0 aliphatic heterocycles. The Balaban J connectivity index is 1.89. The summed E-state index contributed by atoms with van der Waals surface area (Å²) in [6.07, 6.45) is 3.59. The van der Waals surface area contributed by atoms with Crippen molar-refractivity contribution in [1.29, 1.82) is 5.26 Å². The number of carboxylic acids is 1. The first-order valence-electron chi connectivity index (χ1n) is 6.07. The second-order valence-electron chi connectivity index (χ2n) is 4.46. The van der Waals surface area contributed by atoms with Crippen molar-refractivity contribution in [3.63, 3.8) is 0 Å². The molecule has 0 fully saturated rings. The van der Waals surface area contributed by atoms with E-state index in [9.17, 15) is 9.59 Å². The number of nitrogens with one attached hydrogen (secondary N) is 2. The quantitative estimate of drug-likeness (QED) is 0.728. The fraction of sp³-hybridized carbons (Fsp3) is 0.214. The molecule has 2 atom stereocenters. The van der Waals surface area contributed by atoms with Crippen LogP contribution in [0.2, 0.25) is 0 Å². The number of carbonyl (C=O) groups is 2. The van der Waals surface area contributed by atoms with E-state index in [1.807, 2.05) is 6.07 Å². The summed E-state index contributed by atoms with van der Waals surface area (Å²) in [5, 5.41) is 22.9. The van der Waals surface area contributed by atoms with E-state index in [1.54, 1.807) is 36.4 Å². The minimum atomic E-state index is -0.896. The van der Waals surface area contributed by atoms with Gasteiger partial charge in [0.05, 0.1) is 23.6 Å². The molecule has 0 heterocycles. The van der Waals surface area contributed by atoms with E-state index in [1.165, 1.54) is 0 Å². The Labute approximate surface area is 115 Å². The first-order chi connectivity index (χ1) is 9.58. The number of carbonyl (C=O) groups excluding carboxylic acids is 1. The molecule has 1 aromatic carbocycles. The third kappa shape index (κ3) is 3.36. The number of amides is 2. The maximum absolute atomic E-state index is 11.8. The van der Waals surface area contributed by atoms with Gasteiger partial charge in [-0.05, 0) is 24.6 Å². The molecule has 6 heteroatoms. The van der Waals surface area contributed by atoms with E-state index in [4.69, 9.17) is 10.4 Å². The predicted molar refractivity (Wildman–Crippen MR) is 72.0 cm³/mol. The van der Waals surface area contributed by atoms with Gasteiger partial charge in [0.15, 0.2) is 0 Å². The number of nitrogens with zero attached hydrogens (tertiary/aromatic N) is 1. The fourth-order valence-electron chi connectivity index (χ4n) is 1.99. The normalized spacial score (nSPS) is 20.1. The van der Waals surface area contributed by atoms with Gasteiger partial charge in [-0.2, -0.15) is 5.26 Å². The Hall–Kier alpha value is -2.81. The third-order valence-corrected chi connectivity index (χ3v) is 2.97. The molecule has 2 unspecified atom stereocenters. The molecule has 1 aliphatic carbocycles. The molecule has 6 nitrogen and oxygen atoms in total. The number of urea groups is 1. The number of benzene rings is 1. The molecule has 0 spiro atoms. The molecule has 2 amide bonds. The van der Waals surface area contributed by atoms with Crippen LogP contribution in [0, 0.1) is 17.2 Å². The van der Waals surface area contributed by atoms with E-state index >= 15 is 0 Å². The summed E-state index contributed by atoms with van der Waals surface area (Å²) in [5.41, 5.74) is 0.966. The number of rotatable bonds is 3. The maximum atomic E-state index is 11.8. The maximum Gasteiger partial charge on any atom is 0.319 e. The van der Waals surface area contributed by atoms with Gasteiger partial charge in [0.1, 0.15) is 0 Å². The smallest absolute Gasteiger partial charge is 0.319 e. The molecule has 0 saturated heterocycles. The molecule has 3 N–H and O–H groups in total. The Morgan fingerprint density at radius 1 is 1.35 bits per heavy atom. The summed E-state index contributed by atoms with van der Waals surface area (Å²) in [6, 6.07) is 7.80. The van der Waals surface area contributed by atoms with Gasteiger partial charge in [0.25, 0.3) is 0 Å². The summed E-state index contributed by atoms with van der Waals surface area (Å²) in [4.78, 5) is 22.5. The highest BCUT2D eigenvalue weighted by Gasteiger charge is 2.25. The minimum absolute atomic E-state index is 0.296. The van der Waals surface area contributed by atoms with Crippen molar-refractivity contribution in [3.8, 4) is 6.07 Å². The number of anilines is 1. The number of hydrogen-bond donors (Lipinski definition) is 3. The molecule has 0 aromatic heterocycles. The average Bonchev–Trinajstić information content (AvgIpc) is 2.87. The molecular weight excluding hydrogens is 258 g/mol. The van der Waals surface area contributed by atoms with Gasteiger partial charge < -0.3 is 15.7 Å². The summed E-state index contributed by atoms with van der Waals surface area (Å²) in [6.45, 7) is 0. The van der Waals surface area contributed by atoms with Crippen molar-refractivity contribution in [3.05, 3.63) is 42.0 Å². The van der Waals surface area contributed by atoms with Gasteiger partial charge in [-0.3, -0.25) is 4.79 Å². The fourth-order valence-corrected chi connectivity index (χ4v) is 1.99. The van der Waals surface area contributed by atoms with Crippen LogP contribution in [0.3, 0.4) is 0 Å². The highest BCUT2D eigenvalue weighted by molar-refractivity contribution is 5.90. The van der Waals surface area contributed by atoms with E-state index in [0.717, 1.165) is 0 Å². The first-order valence-corrected chi connectivity index (χ1v) is 6.07. The molecule has 0 radical (unpaired) electrons. The summed E-state index contributed by atoms with van der Waals surface area (Å²) < 4.78 is 0. The zero-order valence-electron chi connectivity index (χ0n) is 10.5. The van der Waals surface area contributed by atoms with Crippen LogP contribution in [0.25, 0.3) is 0 Å². The lowest BCUT2D eigenvalue weighted by Crippen LogP contribution is -2.36. The molecule has 1 aromatic rings. The van der Waals surface area contributed by atoms with Crippen LogP contribution in [0.5, 0.6) is 0 Å². The lowest BCUT2D eigenvalue weighted by Gasteiger charge is -2.13. The van der Waals surface area contributed by atoms with Gasteiger partial charge in [0.2, 0.25) is 0 Å². The van der Waals surface area contributed by atoms with E-state index in [0.29, 0.717) is 17.7 Å². The standard InChI is InChI=1S/C14H13N3O3/c15-8-9-2-1-3-11(6-9)16-14(20)17-12-5-4-10(7-12)13(18)19/h1-6,10,12H,7H2,(H,18,19)(H2,16,17,20). The summed E-state index contributed by atoms with van der Waals surface area (Å²) in [5.74, 6) is -1.45. The molecule has 1 aliphatic rings. The topological polar surface area (TPSA) is 102 Å². The van der Waals surface area contributed by atoms with Gasteiger partial charge >= 0.3 is 12.0 Å². The molecule has 0 saturated carbocycles. The van der Waals surface area contributed by atoms with Gasteiger partial charge in [-0.15, -0.1) is 0 Å². The van der Waals surface area contributed by atoms with Crippen LogP contribution < -0.4 is 10.6 Å². The van der Waals surface area contributed by atoms with Crippen molar-refractivity contribution in [2.75, 3.05) is 5.32 Å². The van der Waals surface area contributed by atoms with Crippen molar-refractivity contribution >= 4 is 17.7 Å². The number of aliphatic carboxylic acids is 1. The molecule has 0 bridgehead atoms. The lowest BCUT2D eigenvalue weighted by molar-refractivity contribution is -0.140. The van der Waals surface area contributed by atoms with E-state index in [2.05, 4.69) is 10.6 Å². The second kappa shape index (κ2) is 5.89. The summed E-state index contributed by atoms with van der Waals surface area (Å²) >= 11 is 0. The Kier molecular flexibility index (Phi) is 4.01. The van der Waals surface area contributed by atoms with Crippen molar-refractivity contribution in [2.45, 2.75) is 12.5 Å². The van der Waals surface area contributed by atoms with E-state index in [-0.39, 0.29) is 6.04 Å². The largest absolute Gasteiger partial charge is 0.481 e. The Morgan fingerprint density at radius 3 is 2.80 bits per heavy atom. The van der Waals surface area contributed by atoms with Crippen LogP contribution >= 0.6 is 0 Å². The first kappa shape index (κ1) is 13.6. The monoisotopic (exact) mass is 271 g/mol. The Morgan fingerprint density at radius 2 is 2.15 bits per heavy atom. The minimum Gasteiger partial charge on any atom is -0.481 e. The second-order valence-corrected chi connectivity index (χ2v) is 4.46. The number of carboxylic acid groups (broad SMARTS) is 1. The SMILES string of the molecule is N#Cc1cccc(NC(=O)NC2C=CC(C(=O)O)C2)c1. The average molecular weight is 271 g/mol. The molecule has 102 valence electrons. The van der Waals surface area contributed by atoms with Crippen LogP contribution in [0.4, 0.5) is 10.5 Å². The van der Waals surface area contributed by atoms with Crippen LogP contribution in [0.1, 0.15) is 12.0 Å². The van der Waals surface area contributed by atoms with Gasteiger partial charge in [-0.25, -0.2) is 4.79 Å². The van der Waals surface area contributed by atoms with Crippen molar-refractivity contribution < 1.29 is 14.7 Å². The zero-order chi connectivity index (χ0) is 14.5. The van der Waals surface area contributed by atoms with Gasteiger partial charge in [0, 0.05) is 5.69 Å². The Bertz CT molecular complexity index is 604. The number of hydrogen-bond acceptors (Lipinski definition) is 3. The van der Waals surface area contributed by atoms with Crippen LogP contribution in [-0.4, -0.2) is 23.1 Å².